The Morgan fingerprint density at radius 3 is 1.87 bits per heavy atom. The first-order chi connectivity index (χ1) is 22.5. The fourth-order valence-corrected chi connectivity index (χ4v) is 4.90. The summed E-state index contributed by atoms with van der Waals surface area (Å²) < 4.78 is 5.51. The van der Waals surface area contributed by atoms with Crippen molar-refractivity contribution in [2.75, 3.05) is 39.4 Å². The number of phenols is 1. The number of aromatic hydroxyl groups is 1. The van der Waals surface area contributed by atoms with E-state index >= 15 is 0 Å². The fraction of sp³-hybridized carbons (Fsp3) is 0.289. The van der Waals surface area contributed by atoms with Crippen molar-refractivity contribution in [3.05, 3.63) is 137 Å². The number of ether oxygens (including phenoxy) is 1. The lowest BCUT2D eigenvalue weighted by molar-refractivity contribution is -0.104. The maximum Gasteiger partial charge on any atom is 0.198 e. The molecule has 6 rings (SSSR count). The van der Waals surface area contributed by atoms with Gasteiger partial charge in [0.25, 0.3) is 0 Å². The topological polar surface area (TPSA) is 131 Å². The van der Waals surface area contributed by atoms with Crippen LogP contribution >= 0.6 is 0 Å². The van der Waals surface area contributed by atoms with Gasteiger partial charge in [0.05, 0.1) is 0 Å². The van der Waals surface area contributed by atoms with E-state index in [0.717, 1.165) is 60.5 Å². The Labute approximate surface area is 272 Å². The molecule has 0 saturated carbocycles. The van der Waals surface area contributed by atoms with Gasteiger partial charge >= 0.3 is 0 Å². The third-order valence-electron chi connectivity index (χ3n) is 7.21. The number of carbonyl (C=O) groups is 1. The maximum atomic E-state index is 9.90. The van der Waals surface area contributed by atoms with Crippen molar-refractivity contribution in [1.29, 1.82) is 0 Å². The average molecular weight is 627 g/mol. The summed E-state index contributed by atoms with van der Waals surface area (Å²) in [5, 5.41) is 42.8. The summed E-state index contributed by atoms with van der Waals surface area (Å²) in [6, 6.07) is 32.6. The zero-order valence-corrected chi connectivity index (χ0v) is 26.2. The van der Waals surface area contributed by atoms with Crippen LogP contribution in [0.15, 0.2) is 109 Å². The van der Waals surface area contributed by atoms with Gasteiger partial charge in [-0.25, -0.2) is 0 Å². The molecule has 0 amide bonds. The van der Waals surface area contributed by atoms with E-state index < -0.39 is 6.29 Å². The zero-order chi connectivity index (χ0) is 32.8. The van der Waals surface area contributed by atoms with Crippen LogP contribution in [0.5, 0.6) is 11.5 Å². The fourth-order valence-electron chi connectivity index (χ4n) is 4.90. The second kappa shape index (κ2) is 21.4. The van der Waals surface area contributed by atoms with Gasteiger partial charge in [-0.05, 0) is 59.4 Å². The molecule has 1 saturated heterocycles. The Balaban J connectivity index is 0.000000186. The largest absolute Gasteiger partial charge is 0.508 e. The molecule has 6 N–H and O–H groups in total. The zero-order valence-electron chi connectivity index (χ0n) is 26.2. The average Bonchev–Trinajstić information content (AvgIpc) is 3.11. The molecule has 8 nitrogen and oxygen atoms in total. The first-order valence-electron chi connectivity index (χ1n) is 15.6. The molecule has 0 aliphatic carbocycles. The van der Waals surface area contributed by atoms with E-state index in [4.69, 9.17) is 20.1 Å². The number of fused-ring (bicyclic) bond motifs is 1. The van der Waals surface area contributed by atoms with Crippen LogP contribution in [-0.4, -0.2) is 72.4 Å². The van der Waals surface area contributed by atoms with E-state index in [9.17, 15) is 9.90 Å². The van der Waals surface area contributed by atoms with Crippen LogP contribution in [0.2, 0.25) is 0 Å². The van der Waals surface area contributed by atoms with Crippen LogP contribution in [0.3, 0.4) is 0 Å². The van der Waals surface area contributed by atoms with Crippen molar-refractivity contribution in [3.8, 4) is 11.5 Å². The summed E-state index contributed by atoms with van der Waals surface area (Å²) in [4.78, 5) is 9.89. The minimum absolute atomic E-state index is 0.133. The molecular weight excluding hydrogens is 580 g/mol. The molecule has 1 fully saturated rings. The molecule has 0 aromatic heterocycles. The number of carbonyl (C=O) groups excluding carboxylic acids is 1. The predicted octanol–water partition coefficient (Wildman–Crippen LogP) is 4.46. The van der Waals surface area contributed by atoms with Crippen molar-refractivity contribution >= 4 is 12.4 Å². The highest BCUT2D eigenvalue weighted by atomic mass is 16.6. The van der Waals surface area contributed by atoms with Crippen LogP contribution in [0, 0.1) is 0 Å². The van der Waals surface area contributed by atoms with E-state index in [2.05, 4.69) is 28.8 Å². The lowest BCUT2D eigenvalue weighted by Crippen LogP contribution is -2.39. The first-order valence-corrected chi connectivity index (χ1v) is 15.6. The number of phenolic OH excluding ortho intramolecular Hbond substituents is 1. The third kappa shape index (κ3) is 13.4. The van der Waals surface area contributed by atoms with E-state index in [0.29, 0.717) is 19.3 Å². The summed E-state index contributed by atoms with van der Waals surface area (Å²) >= 11 is 0. The molecule has 0 bridgehead atoms. The number of nitrogens with one attached hydrogen (secondary N) is 2. The van der Waals surface area contributed by atoms with Gasteiger partial charge in [-0.15, -0.1) is 0 Å². The molecule has 4 aromatic carbocycles. The number of hydrogen-bond donors (Lipinski definition) is 6. The standard InChI is InChI=1S/C17H18O3.C9H8O.C8H10O2.C4H10N2/c18-9-8-12-6-7-16-15(10-12)14(11-17(19)20-16)13-4-2-1-3-5-13;10-8-4-7-9-5-2-1-3-6-9;9-6-5-7-1-3-8(10)4-2-7;1-2-6-4-3-5-1/h1-7,10,14,17-19H,8-9,11H2;1-8H;1-4,9-10H,5-6H2;5-6H,1-4H2/b;7-4+;;. The van der Waals surface area contributed by atoms with Crippen molar-refractivity contribution in [2.45, 2.75) is 31.5 Å². The molecule has 0 spiro atoms. The van der Waals surface area contributed by atoms with Crippen LogP contribution in [0.1, 0.15) is 40.2 Å². The molecule has 46 heavy (non-hydrogen) atoms. The van der Waals surface area contributed by atoms with Gasteiger partial charge in [0.1, 0.15) is 17.8 Å². The smallest absolute Gasteiger partial charge is 0.198 e. The second-order valence-electron chi connectivity index (χ2n) is 10.7. The number of allylic oxidation sites excluding steroid dienone is 1. The Morgan fingerprint density at radius 2 is 1.30 bits per heavy atom. The molecule has 2 atom stereocenters. The monoisotopic (exact) mass is 626 g/mol. The summed E-state index contributed by atoms with van der Waals surface area (Å²) in [6.07, 6.45) is 5.10. The van der Waals surface area contributed by atoms with E-state index in [1.54, 1.807) is 30.3 Å². The van der Waals surface area contributed by atoms with Crippen molar-refractivity contribution in [1.82, 2.24) is 10.6 Å². The molecule has 0 radical (unpaired) electrons. The summed E-state index contributed by atoms with van der Waals surface area (Å²) in [7, 11) is 0. The number of aliphatic hydroxyl groups excluding tert-OH is 3. The summed E-state index contributed by atoms with van der Waals surface area (Å²) in [5.74, 6) is 1.13. The van der Waals surface area contributed by atoms with Crippen molar-refractivity contribution in [2.24, 2.45) is 0 Å². The van der Waals surface area contributed by atoms with Crippen LogP contribution < -0.4 is 15.4 Å². The minimum atomic E-state index is -0.767. The Bertz CT molecular complexity index is 1400. The Morgan fingerprint density at radius 1 is 0.739 bits per heavy atom. The van der Waals surface area contributed by atoms with Gasteiger partial charge in [-0.1, -0.05) is 91.0 Å². The van der Waals surface area contributed by atoms with E-state index in [-0.39, 0.29) is 24.9 Å². The lowest BCUT2D eigenvalue weighted by atomic mass is 9.85. The summed E-state index contributed by atoms with van der Waals surface area (Å²) in [6.45, 7) is 4.85. The molecular formula is C38H46N2O6. The number of aldehydes is 1. The van der Waals surface area contributed by atoms with Gasteiger partial charge < -0.3 is 35.8 Å². The van der Waals surface area contributed by atoms with Crippen LogP contribution in [0.4, 0.5) is 0 Å². The molecule has 2 aliphatic heterocycles. The van der Waals surface area contributed by atoms with Crippen LogP contribution in [0.25, 0.3) is 6.08 Å². The van der Waals surface area contributed by atoms with Gasteiger partial charge in [0.2, 0.25) is 0 Å². The Kier molecular flexibility index (Phi) is 16.8. The van der Waals surface area contributed by atoms with Gasteiger partial charge in [0.15, 0.2) is 6.29 Å². The quantitative estimate of drug-likeness (QED) is 0.131. The van der Waals surface area contributed by atoms with Crippen molar-refractivity contribution in [3.63, 3.8) is 0 Å². The second-order valence-corrected chi connectivity index (χ2v) is 10.7. The highest BCUT2D eigenvalue weighted by Crippen LogP contribution is 2.40. The maximum absolute atomic E-state index is 9.90. The lowest BCUT2D eigenvalue weighted by Gasteiger charge is -2.30. The highest BCUT2D eigenvalue weighted by Gasteiger charge is 2.28. The predicted molar refractivity (Wildman–Crippen MR) is 183 cm³/mol. The van der Waals surface area contributed by atoms with Gasteiger partial charge in [0, 0.05) is 57.3 Å². The highest BCUT2D eigenvalue weighted by molar-refractivity contribution is 5.73. The molecule has 2 heterocycles. The summed E-state index contributed by atoms with van der Waals surface area (Å²) in [5.41, 5.74) is 5.45. The van der Waals surface area contributed by atoms with E-state index in [1.165, 1.54) is 11.6 Å². The number of benzene rings is 4. The molecule has 8 heteroatoms. The minimum Gasteiger partial charge on any atom is -0.508 e. The number of rotatable bonds is 7. The molecule has 4 aromatic rings. The SMILES string of the molecule is C1CNCCN1.O=C/C=C/c1ccccc1.OCCc1ccc(O)cc1.OCCc1ccc2c(c1)C(c1ccccc1)CC(O)O2. The number of aliphatic hydroxyl groups is 3. The number of hydrogen-bond acceptors (Lipinski definition) is 8. The number of piperazine rings is 1. The normalized spacial score (nSPS) is 16.6. The third-order valence-corrected chi connectivity index (χ3v) is 7.21. The molecule has 244 valence electrons. The molecule has 2 unspecified atom stereocenters. The van der Waals surface area contributed by atoms with Crippen molar-refractivity contribution < 1.29 is 30.0 Å². The van der Waals surface area contributed by atoms with E-state index in [1.807, 2.05) is 60.7 Å². The Hall–Kier alpha value is -4.31. The molecule has 2 aliphatic rings. The van der Waals surface area contributed by atoms with Crippen LogP contribution in [-0.2, 0) is 17.6 Å². The first kappa shape index (κ1) is 36.2. The van der Waals surface area contributed by atoms with Gasteiger partial charge in [-0.2, -0.15) is 0 Å². The van der Waals surface area contributed by atoms with Gasteiger partial charge in [-0.3, -0.25) is 4.79 Å².